The Morgan fingerprint density at radius 2 is 2.06 bits per heavy atom. The summed E-state index contributed by atoms with van der Waals surface area (Å²) in [6, 6.07) is 8.01. The Morgan fingerprint density at radius 1 is 1.35 bits per heavy atom. The van der Waals surface area contributed by atoms with Crippen LogP contribution in [0.5, 0.6) is 11.5 Å². The molecule has 0 heterocycles. The second kappa shape index (κ2) is 6.78. The maximum absolute atomic E-state index is 11.7. The molecule has 0 unspecified atom stereocenters. The maximum Gasteiger partial charge on any atom is 0.260 e. The topological polar surface area (TPSA) is 38.8 Å². The molecule has 1 rings (SSSR count). The first kappa shape index (κ1) is 13.4. The average Bonchev–Trinajstić information content (AvgIpc) is 2.38. The molecule has 1 radical (unpaired) electrons. The Balaban J connectivity index is 2.58. The van der Waals surface area contributed by atoms with E-state index < -0.39 is 0 Å². The van der Waals surface area contributed by atoms with E-state index in [1.165, 1.54) is 0 Å². The second-order valence-electron chi connectivity index (χ2n) is 3.43. The number of likely N-dealkylation sites (N-methyl/N-ethyl adjacent to an activating group) is 1. The van der Waals surface area contributed by atoms with Crippen LogP contribution in [0.25, 0.3) is 0 Å². The third-order valence-corrected chi connectivity index (χ3v) is 2.48. The van der Waals surface area contributed by atoms with E-state index in [1.807, 2.05) is 13.8 Å². The Labute approximate surface area is 102 Å². The molecule has 0 bridgehead atoms. The minimum absolute atomic E-state index is 0.0233. The maximum atomic E-state index is 11.7. The minimum atomic E-state index is -0.0233. The van der Waals surface area contributed by atoms with Crippen LogP contribution in [0.2, 0.25) is 0 Å². The number of methoxy groups -OCH3 is 1. The van der Waals surface area contributed by atoms with E-state index in [0.717, 1.165) is 0 Å². The van der Waals surface area contributed by atoms with Gasteiger partial charge in [0, 0.05) is 13.1 Å². The van der Waals surface area contributed by atoms with Gasteiger partial charge in [0.15, 0.2) is 18.1 Å². The molecule has 0 saturated carbocycles. The van der Waals surface area contributed by atoms with Gasteiger partial charge in [-0.05, 0) is 32.0 Å². The van der Waals surface area contributed by atoms with E-state index in [1.54, 1.807) is 30.2 Å². The van der Waals surface area contributed by atoms with Crippen LogP contribution in [0, 0.1) is 6.07 Å². The van der Waals surface area contributed by atoms with E-state index in [2.05, 4.69) is 6.07 Å². The van der Waals surface area contributed by atoms with Crippen molar-refractivity contribution < 1.29 is 14.3 Å². The molecule has 4 heteroatoms. The van der Waals surface area contributed by atoms with Gasteiger partial charge in [-0.1, -0.05) is 6.07 Å². The monoisotopic (exact) mass is 236 g/mol. The van der Waals surface area contributed by atoms with Crippen molar-refractivity contribution in [3.63, 3.8) is 0 Å². The van der Waals surface area contributed by atoms with Crippen molar-refractivity contribution in [1.82, 2.24) is 4.90 Å². The standard InChI is InChI=1S/C13H18NO3/c1-4-14(5-2)13(15)10-17-12-9-7-6-8-11(12)16-3/h7-9H,4-5,10H2,1-3H3. The number of ether oxygens (including phenoxy) is 2. The molecule has 0 aromatic heterocycles. The molecule has 1 aromatic carbocycles. The van der Waals surface area contributed by atoms with Gasteiger partial charge in [-0.25, -0.2) is 0 Å². The molecule has 0 aliphatic rings. The van der Waals surface area contributed by atoms with Crippen LogP contribution < -0.4 is 9.47 Å². The summed E-state index contributed by atoms with van der Waals surface area (Å²) in [6.07, 6.45) is 0. The highest BCUT2D eigenvalue weighted by Gasteiger charge is 2.11. The van der Waals surface area contributed by atoms with Crippen molar-refractivity contribution in [3.05, 3.63) is 24.3 Å². The van der Waals surface area contributed by atoms with Crippen LogP contribution in [0.15, 0.2) is 18.2 Å². The van der Waals surface area contributed by atoms with Crippen molar-refractivity contribution in [2.75, 3.05) is 26.8 Å². The summed E-state index contributed by atoms with van der Waals surface area (Å²) in [5.41, 5.74) is 0. The second-order valence-corrected chi connectivity index (χ2v) is 3.43. The van der Waals surface area contributed by atoms with E-state index in [9.17, 15) is 4.79 Å². The van der Waals surface area contributed by atoms with Gasteiger partial charge < -0.3 is 14.4 Å². The first-order valence-corrected chi connectivity index (χ1v) is 5.67. The molecular formula is C13H18NO3. The van der Waals surface area contributed by atoms with Crippen LogP contribution in [-0.4, -0.2) is 37.6 Å². The van der Waals surface area contributed by atoms with Gasteiger partial charge in [0.1, 0.15) is 0 Å². The number of nitrogens with zero attached hydrogens (tertiary/aromatic N) is 1. The van der Waals surface area contributed by atoms with Gasteiger partial charge in [-0.15, -0.1) is 0 Å². The highest BCUT2D eigenvalue weighted by molar-refractivity contribution is 5.77. The van der Waals surface area contributed by atoms with E-state index in [4.69, 9.17) is 9.47 Å². The van der Waals surface area contributed by atoms with Gasteiger partial charge in [0.05, 0.1) is 7.11 Å². The van der Waals surface area contributed by atoms with E-state index in [-0.39, 0.29) is 12.5 Å². The molecule has 1 aromatic rings. The normalized spacial score (nSPS) is 9.82. The molecule has 0 N–H and O–H groups in total. The number of carbonyl (C=O) groups is 1. The van der Waals surface area contributed by atoms with Gasteiger partial charge in [-0.2, -0.15) is 0 Å². The van der Waals surface area contributed by atoms with E-state index in [0.29, 0.717) is 24.6 Å². The smallest absolute Gasteiger partial charge is 0.260 e. The molecule has 0 fully saturated rings. The molecule has 93 valence electrons. The lowest BCUT2D eigenvalue weighted by atomic mass is 10.3. The molecule has 0 aliphatic heterocycles. The summed E-state index contributed by atoms with van der Waals surface area (Å²) in [5, 5.41) is 0. The summed E-state index contributed by atoms with van der Waals surface area (Å²) >= 11 is 0. The Hall–Kier alpha value is -1.71. The summed E-state index contributed by atoms with van der Waals surface area (Å²) in [5.74, 6) is 1.12. The highest BCUT2D eigenvalue weighted by Crippen LogP contribution is 2.25. The lowest BCUT2D eigenvalue weighted by Crippen LogP contribution is -2.34. The zero-order valence-electron chi connectivity index (χ0n) is 10.5. The fourth-order valence-corrected chi connectivity index (χ4v) is 1.49. The number of hydrogen-bond acceptors (Lipinski definition) is 3. The van der Waals surface area contributed by atoms with Crippen molar-refractivity contribution in [3.8, 4) is 11.5 Å². The molecule has 4 nitrogen and oxygen atoms in total. The molecule has 0 spiro atoms. The zero-order valence-corrected chi connectivity index (χ0v) is 10.5. The number of rotatable bonds is 6. The first-order valence-electron chi connectivity index (χ1n) is 5.67. The lowest BCUT2D eigenvalue weighted by molar-refractivity contribution is -0.132. The van der Waals surface area contributed by atoms with Crippen LogP contribution >= 0.6 is 0 Å². The Morgan fingerprint density at radius 3 is 2.65 bits per heavy atom. The van der Waals surface area contributed by atoms with Crippen molar-refractivity contribution in [2.45, 2.75) is 13.8 Å². The lowest BCUT2D eigenvalue weighted by Gasteiger charge is -2.19. The number of hydrogen-bond donors (Lipinski definition) is 0. The van der Waals surface area contributed by atoms with Gasteiger partial charge in [-0.3, -0.25) is 4.79 Å². The fourth-order valence-electron chi connectivity index (χ4n) is 1.49. The van der Waals surface area contributed by atoms with Crippen LogP contribution in [0.1, 0.15) is 13.8 Å². The summed E-state index contributed by atoms with van der Waals surface area (Å²) < 4.78 is 10.5. The predicted octanol–water partition coefficient (Wildman–Crippen LogP) is 1.74. The highest BCUT2D eigenvalue weighted by atomic mass is 16.5. The Kier molecular flexibility index (Phi) is 5.33. The fraction of sp³-hybridized carbons (Fsp3) is 0.462. The third kappa shape index (κ3) is 3.66. The summed E-state index contributed by atoms with van der Waals surface area (Å²) in [7, 11) is 1.56. The van der Waals surface area contributed by atoms with Gasteiger partial charge in [0.25, 0.3) is 5.91 Å². The third-order valence-electron chi connectivity index (χ3n) is 2.48. The van der Waals surface area contributed by atoms with Crippen LogP contribution in [0.3, 0.4) is 0 Å². The average molecular weight is 236 g/mol. The Bertz CT molecular complexity index is 361. The van der Waals surface area contributed by atoms with Crippen molar-refractivity contribution in [1.29, 1.82) is 0 Å². The van der Waals surface area contributed by atoms with Crippen LogP contribution in [0.4, 0.5) is 0 Å². The molecule has 0 atom stereocenters. The number of carbonyl (C=O) groups excluding carboxylic acids is 1. The molecule has 1 amide bonds. The predicted molar refractivity (Wildman–Crippen MR) is 65.3 cm³/mol. The van der Waals surface area contributed by atoms with Crippen molar-refractivity contribution in [2.24, 2.45) is 0 Å². The molecule has 0 aliphatic carbocycles. The molecular weight excluding hydrogens is 218 g/mol. The quantitative estimate of drug-likeness (QED) is 0.755. The first-order chi connectivity index (χ1) is 8.22. The van der Waals surface area contributed by atoms with Gasteiger partial charge in [0.2, 0.25) is 0 Å². The number of benzene rings is 1. The zero-order chi connectivity index (χ0) is 12.7. The summed E-state index contributed by atoms with van der Waals surface area (Å²) in [6.45, 7) is 5.30. The van der Waals surface area contributed by atoms with E-state index >= 15 is 0 Å². The molecule has 0 saturated heterocycles. The van der Waals surface area contributed by atoms with Crippen LogP contribution in [-0.2, 0) is 4.79 Å². The minimum Gasteiger partial charge on any atom is -0.493 e. The van der Waals surface area contributed by atoms with Crippen molar-refractivity contribution >= 4 is 5.91 Å². The number of amides is 1. The SMILES string of the molecule is CCN(CC)C(=O)COc1cc[c]cc1OC. The molecule has 17 heavy (non-hydrogen) atoms. The largest absolute Gasteiger partial charge is 0.493 e. The summed E-state index contributed by atoms with van der Waals surface area (Å²) in [4.78, 5) is 13.5. The van der Waals surface area contributed by atoms with Gasteiger partial charge >= 0.3 is 0 Å².